The van der Waals surface area contributed by atoms with Crippen molar-refractivity contribution in [1.82, 2.24) is 4.90 Å². The molecule has 18 heavy (non-hydrogen) atoms. The van der Waals surface area contributed by atoms with E-state index in [0.717, 1.165) is 19.5 Å². The van der Waals surface area contributed by atoms with Crippen molar-refractivity contribution in [2.45, 2.75) is 25.5 Å². The summed E-state index contributed by atoms with van der Waals surface area (Å²) in [5.41, 5.74) is 0.560. The molecule has 3 nitrogen and oxygen atoms in total. The smallest absolute Gasteiger partial charge is 0.179 e. The zero-order valence-electron chi connectivity index (χ0n) is 10.7. The lowest BCUT2D eigenvalue weighted by atomic mass is 10.0. The molecule has 2 atom stereocenters. The minimum absolute atomic E-state index is 0.0340. The molecule has 1 aliphatic rings. The molecule has 0 aromatic heterocycles. The van der Waals surface area contributed by atoms with Crippen LogP contribution in [-0.4, -0.2) is 43.0 Å². The van der Waals surface area contributed by atoms with Gasteiger partial charge in [-0.3, -0.25) is 9.69 Å². The highest BCUT2D eigenvalue weighted by atomic mass is 19.1. The predicted octanol–water partition coefficient (Wildman–Crippen LogP) is 2.12. The third kappa shape index (κ3) is 2.76. The Morgan fingerprint density at radius 2 is 2.11 bits per heavy atom. The Morgan fingerprint density at radius 1 is 1.44 bits per heavy atom. The summed E-state index contributed by atoms with van der Waals surface area (Å²) in [4.78, 5) is 14.3. The van der Waals surface area contributed by atoms with E-state index in [1.807, 2.05) is 6.92 Å². The Kier molecular flexibility index (Phi) is 4.09. The summed E-state index contributed by atoms with van der Waals surface area (Å²) in [6.45, 7) is 3.54. The minimum Gasteiger partial charge on any atom is -0.380 e. The Morgan fingerprint density at radius 3 is 2.67 bits per heavy atom. The number of hydrogen-bond acceptors (Lipinski definition) is 3. The highest BCUT2D eigenvalue weighted by Gasteiger charge is 2.29. The number of benzene rings is 1. The number of carbonyl (C=O) groups is 1. The van der Waals surface area contributed by atoms with Crippen LogP contribution in [0.25, 0.3) is 0 Å². The molecule has 1 heterocycles. The van der Waals surface area contributed by atoms with E-state index in [2.05, 4.69) is 4.90 Å². The molecular formula is C14H18FNO2. The van der Waals surface area contributed by atoms with E-state index in [4.69, 9.17) is 4.74 Å². The van der Waals surface area contributed by atoms with Gasteiger partial charge in [-0.15, -0.1) is 0 Å². The van der Waals surface area contributed by atoms with Crippen molar-refractivity contribution >= 4 is 5.78 Å². The van der Waals surface area contributed by atoms with Crippen molar-refractivity contribution in [3.63, 3.8) is 0 Å². The molecule has 4 heteroatoms. The van der Waals surface area contributed by atoms with Crippen LogP contribution in [0.4, 0.5) is 4.39 Å². The normalized spacial score (nSPS) is 22.1. The van der Waals surface area contributed by atoms with E-state index < -0.39 is 0 Å². The average molecular weight is 251 g/mol. The van der Waals surface area contributed by atoms with E-state index in [-0.39, 0.29) is 23.7 Å². The van der Waals surface area contributed by atoms with Gasteiger partial charge in [-0.25, -0.2) is 4.39 Å². The number of methoxy groups -OCH3 is 1. The van der Waals surface area contributed by atoms with E-state index in [9.17, 15) is 9.18 Å². The molecule has 0 N–H and O–H groups in total. The first-order valence-electron chi connectivity index (χ1n) is 6.18. The van der Waals surface area contributed by atoms with E-state index >= 15 is 0 Å². The topological polar surface area (TPSA) is 29.5 Å². The number of rotatable bonds is 4. The number of halogens is 1. The fraction of sp³-hybridized carbons (Fsp3) is 0.500. The van der Waals surface area contributed by atoms with Crippen LogP contribution < -0.4 is 0 Å². The van der Waals surface area contributed by atoms with Crippen molar-refractivity contribution in [1.29, 1.82) is 0 Å². The zero-order valence-corrected chi connectivity index (χ0v) is 10.7. The van der Waals surface area contributed by atoms with Gasteiger partial charge in [-0.2, -0.15) is 0 Å². The maximum Gasteiger partial charge on any atom is 0.179 e. The van der Waals surface area contributed by atoms with Crippen LogP contribution in [0.5, 0.6) is 0 Å². The molecule has 1 fully saturated rings. The summed E-state index contributed by atoms with van der Waals surface area (Å²) < 4.78 is 18.1. The van der Waals surface area contributed by atoms with Crippen LogP contribution in [0.3, 0.4) is 0 Å². The first kappa shape index (κ1) is 13.2. The number of Topliss-reactive ketones (excluding diaryl/α,β-unsaturated/α-hetero) is 1. The molecule has 0 radical (unpaired) electrons. The minimum atomic E-state index is -0.320. The van der Waals surface area contributed by atoms with E-state index in [0.29, 0.717) is 5.56 Å². The summed E-state index contributed by atoms with van der Waals surface area (Å²) in [6, 6.07) is 5.54. The second-order valence-electron chi connectivity index (χ2n) is 4.69. The molecule has 1 aliphatic heterocycles. The first-order valence-corrected chi connectivity index (χ1v) is 6.18. The molecule has 1 aromatic rings. The Bertz CT molecular complexity index is 418. The highest BCUT2D eigenvalue weighted by molar-refractivity contribution is 5.99. The van der Waals surface area contributed by atoms with Crippen LogP contribution in [0, 0.1) is 5.82 Å². The Hall–Kier alpha value is -1.26. The summed E-state index contributed by atoms with van der Waals surface area (Å²) in [7, 11) is 1.70. The Balaban J connectivity index is 2.03. The molecule has 2 unspecified atom stereocenters. The summed E-state index contributed by atoms with van der Waals surface area (Å²) >= 11 is 0. The Labute approximate surface area is 107 Å². The van der Waals surface area contributed by atoms with Crippen LogP contribution in [-0.2, 0) is 4.74 Å². The summed E-state index contributed by atoms with van der Waals surface area (Å²) in [5, 5.41) is 0. The van der Waals surface area contributed by atoms with Crippen LogP contribution in [0.2, 0.25) is 0 Å². The van der Waals surface area contributed by atoms with Gasteiger partial charge in [0.1, 0.15) is 5.82 Å². The number of ether oxygens (including phenoxy) is 1. The van der Waals surface area contributed by atoms with Crippen molar-refractivity contribution in [2.75, 3.05) is 20.2 Å². The van der Waals surface area contributed by atoms with E-state index in [1.165, 1.54) is 24.3 Å². The van der Waals surface area contributed by atoms with Crippen LogP contribution >= 0.6 is 0 Å². The van der Waals surface area contributed by atoms with Gasteiger partial charge in [0.2, 0.25) is 0 Å². The highest BCUT2D eigenvalue weighted by Crippen LogP contribution is 2.17. The molecule has 0 bridgehead atoms. The van der Waals surface area contributed by atoms with Gasteiger partial charge in [0, 0.05) is 25.8 Å². The van der Waals surface area contributed by atoms with Crippen molar-refractivity contribution in [3.8, 4) is 0 Å². The second kappa shape index (κ2) is 5.59. The number of ketones is 1. The molecule has 2 rings (SSSR count). The number of hydrogen-bond donors (Lipinski definition) is 0. The van der Waals surface area contributed by atoms with Crippen LogP contribution in [0.15, 0.2) is 24.3 Å². The molecule has 0 spiro atoms. The van der Waals surface area contributed by atoms with Crippen molar-refractivity contribution in [2.24, 2.45) is 0 Å². The summed E-state index contributed by atoms with van der Waals surface area (Å²) in [5.74, 6) is -0.286. The lowest BCUT2D eigenvalue weighted by molar-refractivity contribution is 0.0801. The maximum atomic E-state index is 12.8. The fourth-order valence-corrected chi connectivity index (χ4v) is 2.32. The SMILES string of the molecule is COC1CCN(C(C)C(=O)c2ccc(F)cc2)C1. The van der Waals surface area contributed by atoms with Crippen molar-refractivity contribution in [3.05, 3.63) is 35.6 Å². The zero-order chi connectivity index (χ0) is 13.1. The van der Waals surface area contributed by atoms with Crippen LogP contribution in [0.1, 0.15) is 23.7 Å². The van der Waals surface area contributed by atoms with E-state index in [1.54, 1.807) is 7.11 Å². The van der Waals surface area contributed by atoms with Gasteiger partial charge in [0.05, 0.1) is 12.1 Å². The third-order valence-corrected chi connectivity index (χ3v) is 3.57. The van der Waals surface area contributed by atoms with Gasteiger partial charge < -0.3 is 4.74 Å². The second-order valence-corrected chi connectivity index (χ2v) is 4.69. The molecular weight excluding hydrogens is 233 g/mol. The van der Waals surface area contributed by atoms with Gasteiger partial charge in [0.25, 0.3) is 0 Å². The largest absolute Gasteiger partial charge is 0.380 e. The molecule has 98 valence electrons. The maximum absolute atomic E-state index is 12.8. The average Bonchev–Trinajstić information content (AvgIpc) is 2.86. The molecule has 0 aliphatic carbocycles. The lowest BCUT2D eigenvalue weighted by Crippen LogP contribution is -2.38. The summed E-state index contributed by atoms with van der Waals surface area (Å²) in [6.07, 6.45) is 1.17. The number of carbonyl (C=O) groups excluding carboxylic acids is 1. The van der Waals surface area contributed by atoms with Crippen molar-refractivity contribution < 1.29 is 13.9 Å². The molecule has 1 saturated heterocycles. The van der Waals surface area contributed by atoms with Gasteiger partial charge >= 0.3 is 0 Å². The standard InChI is InChI=1S/C14H18FNO2/c1-10(16-8-7-13(9-16)18-2)14(17)11-3-5-12(15)6-4-11/h3-6,10,13H,7-9H2,1-2H3. The fourth-order valence-electron chi connectivity index (χ4n) is 2.32. The quantitative estimate of drug-likeness (QED) is 0.768. The molecule has 1 aromatic carbocycles. The lowest BCUT2D eigenvalue weighted by Gasteiger charge is -2.22. The monoisotopic (exact) mass is 251 g/mol. The first-order chi connectivity index (χ1) is 8.61. The number of likely N-dealkylation sites (tertiary alicyclic amines) is 1. The predicted molar refractivity (Wildman–Crippen MR) is 67.2 cm³/mol. The van der Waals surface area contributed by atoms with Gasteiger partial charge in [-0.1, -0.05) is 0 Å². The third-order valence-electron chi connectivity index (χ3n) is 3.57. The molecule has 0 amide bonds. The van der Waals surface area contributed by atoms with Gasteiger partial charge in [0.15, 0.2) is 5.78 Å². The number of nitrogens with zero attached hydrogens (tertiary/aromatic N) is 1. The molecule has 0 saturated carbocycles. The van der Waals surface area contributed by atoms with Gasteiger partial charge in [-0.05, 0) is 37.6 Å².